The Labute approximate surface area is 170 Å². The Morgan fingerprint density at radius 3 is 2.64 bits per heavy atom. The molecule has 0 aliphatic carbocycles. The zero-order valence-electron chi connectivity index (χ0n) is 16.4. The summed E-state index contributed by atoms with van der Waals surface area (Å²) in [6.07, 6.45) is 2.37. The van der Waals surface area contributed by atoms with Gasteiger partial charge in [0.25, 0.3) is 0 Å². The summed E-state index contributed by atoms with van der Waals surface area (Å²) in [6, 6.07) is 5.09. The molecular formula is C21H26ClN3O3. The van der Waals surface area contributed by atoms with E-state index in [2.05, 4.69) is 24.5 Å². The highest BCUT2D eigenvalue weighted by Gasteiger charge is 2.70. The number of nitrogens with one attached hydrogen (secondary N) is 2. The summed E-state index contributed by atoms with van der Waals surface area (Å²) in [5.41, 5.74) is -0.0272. The van der Waals surface area contributed by atoms with Crippen molar-refractivity contribution in [2.75, 3.05) is 11.9 Å². The summed E-state index contributed by atoms with van der Waals surface area (Å²) in [4.78, 5) is 41.2. The van der Waals surface area contributed by atoms with Gasteiger partial charge in [0, 0.05) is 18.2 Å². The van der Waals surface area contributed by atoms with E-state index in [1.54, 1.807) is 12.1 Å². The number of imide groups is 1. The molecule has 3 amide bonds. The van der Waals surface area contributed by atoms with E-state index in [0.29, 0.717) is 35.2 Å². The van der Waals surface area contributed by atoms with Crippen LogP contribution >= 0.6 is 11.6 Å². The number of rotatable bonds is 5. The normalized spacial score (nSPS) is 31.1. The third-order valence-electron chi connectivity index (χ3n) is 6.25. The van der Waals surface area contributed by atoms with E-state index in [4.69, 9.17) is 11.6 Å². The highest BCUT2D eigenvalue weighted by molar-refractivity contribution is 6.35. The number of anilines is 1. The maximum Gasteiger partial charge on any atom is 0.250 e. The minimum absolute atomic E-state index is 0.151. The molecule has 2 N–H and O–H groups in total. The molecule has 0 saturated carbocycles. The van der Waals surface area contributed by atoms with Gasteiger partial charge in [-0.05, 0) is 24.8 Å². The molecule has 4 rings (SSSR count). The fourth-order valence-corrected chi connectivity index (χ4v) is 5.32. The minimum Gasteiger partial charge on any atom is -0.323 e. The Morgan fingerprint density at radius 1 is 1.21 bits per heavy atom. The number of hydrogen-bond donors (Lipinski definition) is 2. The van der Waals surface area contributed by atoms with Gasteiger partial charge in [0.05, 0.1) is 22.5 Å². The van der Waals surface area contributed by atoms with Crippen molar-refractivity contribution in [3.8, 4) is 0 Å². The van der Waals surface area contributed by atoms with Crippen molar-refractivity contribution in [2.45, 2.75) is 51.6 Å². The van der Waals surface area contributed by atoms with Gasteiger partial charge in [0.15, 0.2) is 0 Å². The van der Waals surface area contributed by atoms with E-state index in [0.717, 1.165) is 12.8 Å². The van der Waals surface area contributed by atoms with Crippen LogP contribution in [0.1, 0.15) is 45.6 Å². The summed E-state index contributed by atoms with van der Waals surface area (Å²) < 4.78 is 0. The van der Waals surface area contributed by atoms with Crippen molar-refractivity contribution in [3.05, 3.63) is 28.8 Å². The number of fused-ring (bicyclic) bond motifs is 4. The van der Waals surface area contributed by atoms with Crippen molar-refractivity contribution < 1.29 is 14.4 Å². The van der Waals surface area contributed by atoms with Gasteiger partial charge in [0.2, 0.25) is 17.7 Å². The molecule has 2 fully saturated rings. The van der Waals surface area contributed by atoms with E-state index in [1.807, 2.05) is 13.0 Å². The molecule has 6 nitrogen and oxygen atoms in total. The molecule has 1 aromatic carbocycles. The predicted octanol–water partition coefficient (Wildman–Crippen LogP) is 2.91. The fraction of sp³-hybridized carbons (Fsp3) is 0.571. The Balaban J connectivity index is 1.84. The summed E-state index contributed by atoms with van der Waals surface area (Å²) >= 11 is 6.32. The lowest BCUT2D eigenvalue weighted by Gasteiger charge is -2.29. The lowest BCUT2D eigenvalue weighted by Crippen LogP contribution is -2.53. The number of halogens is 1. The van der Waals surface area contributed by atoms with Crippen LogP contribution in [-0.4, -0.2) is 35.2 Å². The quantitative estimate of drug-likeness (QED) is 0.741. The Kier molecular flexibility index (Phi) is 4.74. The topological polar surface area (TPSA) is 78.5 Å². The summed E-state index contributed by atoms with van der Waals surface area (Å²) in [7, 11) is 0. The number of hydrogen-bond acceptors (Lipinski definition) is 4. The predicted molar refractivity (Wildman–Crippen MR) is 107 cm³/mol. The number of para-hydroxylation sites is 1. The third-order valence-corrected chi connectivity index (χ3v) is 6.57. The van der Waals surface area contributed by atoms with Crippen LogP contribution in [0.15, 0.2) is 18.2 Å². The van der Waals surface area contributed by atoms with E-state index < -0.39 is 17.4 Å². The maximum atomic E-state index is 13.4. The molecule has 3 aliphatic heterocycles. The highest BCUT2D eigenvalue weighted by Crippen LogP contribution is 2.54. The first-order chi connectivity index (χ1) is 13.3. The van der Waals surface area contributed by atoms with Crippen molar-refractivity contribution in [1.29, 1.82) is 0 Å². The van der Waals surface area contributed by atoms with Gasteiger partial charge in [0.1, 0.15) is 5.54 Å². The number of carbonyl (C=O) groups is 3. The molecule has 28 heavy (non-hydrogen) atoms. The van der Waals surface area contributed by atoms with Crippen LogP contribution in [0.25, 0.3) is 0 Å². The maximum absolute atomic E-state index is 13.4. The van der Waals surface area contributed by atoms with Gasteiger partial charge >= 0.3 is 0 Å². The molecule has 150 valence electrons. The van der Waals surface area contributed by atoms with E-state index >= 15 is 0 Å². The fourth-order valence-electron chi connectivity index (χ4n) is 5.10. The van der Waals surface area contributed by atoms with Crippen molar-refractivity contribution in [2.24, 2.45) is 17.8 Å². The molecule has 1 spiro atoms. The van der Waals surface area contributed by atoms with Crippen LogP contribution in [0.5, 0.6) is 0 Å². The second kappa shape index (κ2) is 6.85. The molecule has 7 heteroatoms. The lowest BCUT2D eigenvalue weighted by molar-refractivity contribution is -0.142. The molecule has 0 bridgehead atoms. The Morgan fingerprint density at radius 2 is 1.96 bits per heavy atom. The zero-order chi connectivity index (χ0) is 20.2. The standard InChI is InChI=1S/C21H26ClN3O3/c1-4-5-9-25-18(26)15-14(10-11(2)3)24-21(16(15)19(25)27)12-7-6-8-13(22)17(12)23-20(21)28/h6-8,11,14-16,24H,4-5,9-10H2,1-3H3,(H,23,28)/t14?,15-,16+,21?/m0/s1. The number of amides is 3. The van der Waals surface area contributed by atoms with Gasteiger partial charge in [-0.15, -0.1) is 0 Å². The zero-order valence-corrected chi connectivity index (χ0v) is 17.2. The first-order valence-corrected chi connectivity index (χ1v) is 10.4. The molecular weight excluding hydrogens is 378 g/mol. The largest absolute Gasteiger partial charge is 0.323 e. The Hall–Kier alpha value is -1.92. The second-order valence-electron chi connectivity index (χ2n) is 8.49. The van der Waals surface area contributed by atoms with Crippen LogP contribution in [0.4, 0.5) is 5.69 Å². The number of likely N-dealkylation sites (tertiary alicyclic amines) is 1. The molecule has 3 heterocycles. The first kappa shape index (κ1) is 19.4. The minimum atomic E-state index is -1.24. The van der Waals surface area contributed by atoms with Crippen LogP contribution in [0.3, 0.4) is 0 Å². The van der Waals surface area contributed by atoms with E-state index in [1.165, 1.54) is 4.90 Å². The number of benzene rings is 1. The monoisotopic (exact) mass is 403 g/mol. The number of nitrogens with zero attached hydrogens (tertiary/aromatic N) is 1. The number of unbranched alkanes of at least 4 members (excludes halogenated alkanes) is 1. The highest BCUT2D eigenvalue weighted by atomic mass is 35.5. The van der Waals surface area contributed by atoms with Crippen LogP contribution < -0.4 is 10.6 Å². The van der Waals surface area contributed by atoms with Gasteiger partial charge in [-0.3, -0.25) is 24.6 Å². The molecule has 4 atom stereocenters. The molecule has 1 aromatic rings. The lowest BCUT2D eigenvalue weighted by atomic mass is 9.76. The van der Waals surface area contributed by atoms with Crippen molar-refractivity contribution >= 4 is 35.0 Å². The first-order valence-electron chi connectivity index (χ1n) is 10.1. The second-order valence-corrected chi connectivity index (χ2v) is 8.90. The summed E-state index contributed by atoms with van der Waals surface area (Å²) in [5, 5.41) is 6.73. The van der Waals surface area contributed by atoms with Gasteiger partial charge in [-0.25, -0.2) is 0 Å². The molecule has 2 unspecified atom stereocenters. The van der Waals surface area contributed by atoms with Crippen molar-refractivity contribution in [1.82, 2.24) is 10.2 Å². The molecule has 3 aliphatic rings. The van der Waals surface area contributed by atoms with Crippen LogP contribution in [-0.2, 0) is 19.9 Å². The molecule has 0 aromatic heterocycles. The summed E-state index contributed by atoms with van der Waals surface area (Å²) in [5.74, 6) is -1.63. The third kappa shape index (κ3) is 2.54. The smallest absolute Gasteiger partial charge is 0.250 e. The number of carbonyl (C=O) groups excluding carboxylic acids is 3. The van der Waals surface area contributed by atoms with E-state index in [-0.39, 0.29) is 23.8 Å². The summed E-state index contributed by atoms with van der Waals surface area (Å²) in [6.45, 7) is 6.60. The van der Waals surface area contributed by atoms with Gasteiger partial charge < -0.3 is 5.32 Å². The SMILES string of the molecule is CCCCN1C(=O)[C@H]2C(CC(C)C)NC3(C(=O)Nc4c(Cl)cccc43)[C@H]2C1=O. The van der Waals surface area contributed by atoms with Crippen molar-refractivity contribution in [3.63, 3.8) is 0 Å². The van der Waals surface area contributed by atoms with Gasteiger partial charge in [-0.1, -0.05) is 50.9 Å². The van der Waals surface area contributed by atoms with Gasteiger partial charge in [-0.2, -0.15) is 0 Å². The molecule has 2 saturated heterocycles. The molecule has 0 radical (unpaired) electrons. The average Bonchev–Trinajstić information content (AvgIpc) is 3.20. The van der Waals surface area contributed by atoms with Crippen LogP contribution in [0.2, 0.25) is 5.02 Å². The average molecular weight is 404 g/mol. The Bertz CT molecular complexity index is 855. The van der Waals surface area contributed by atoms with E-state index in [9.17, 15) is 14.4 Å². The van der Waals surface area contributed by atoms with Crippen LogP contribution in [0, 0.1) is 17.8 Å².